The molecule has 2 aromatic rings. The minimum atomic E-state index is -0.567. The highest BCUT2D eigenvalue weighted by molar-refractivity contribution is 5.75. The third kappa shape index (κ3) is 6.94. The molecule has 146 valence electrons. The van der Waals surface area contributed by atoms with Gasteiger partial charge in [0.2, 0.25) is 0 Å². The van der Waals surface area contributed by atoms with Crippen LogP contribution in [0.15, 0.2) is 48.5 Å². The molecule has 0 bridgehead atoms. The van der Waals surface area contributed by atoms with Gasteiger partial charge in [-0.2, -0.15) is 0 Å². The Labute approximate surface area is 161 Å². The van der Waals surface area contributed by atoms with E-state index in [9.17, 15) is 4.79 Å². The lowest BCUT2D eigenvalue weighted by molar-refractivity contribution is -0.156. The Morgan fingerprint density at radius 1 is 0.963 bits per heavy atom. The van der Waals surface area contributed by atoms with Gasteiger partial charge in [0, 0.05) is 32.2 Å². The van der Waals surface area contributed by atoms with Crippen molar-refractivity contribution in [1.82, 2.24) is 0 Å². The highest BCUT2D eigenvalue weighted by Gasteiger charge is 2.20. The van der Waals surface area contributed by atoms with Crippen LogP contribution in [0.1, 0.15) is 25.0 Å². The van der Waals surface area contributed by atoms with Crippen molar-refractivity contribution in [2.75, 3.05) is 32.2 Å². The summed E-state index contributed by atoms with van der Waals surface area (Å²) in [5.41, 5.74) is 3.35. The Kier molecular flexibility index (Phi) is 8.65. The van der Waals surface area contributed by atoms with Crippen LogP contribution in [-0.2, 0) is 27.1 Å². The van der Waals surface area contributed by atoms with Crippen molar-refractivity contribution in [3.05, 3.63) is 59.7 Å². The van der Waals surface area contributed by atoms with E-state index in [1.807, 2.05) is 38.2 Å². The molecule has 0 aliphatic rings. The number of carbonyl (C=O) groups excluding carboxylic acids is 1. The van der Waals surface area contributed by atoms with Gasteiger partial charge in [-0.05, 0) is 49.2 Å². The summed E-state index contributed by atoms with van der Waals surface area (Å²) in [6.07, 6.45) is 0.772. The molecule has 0 heterocycles. The lowest BCUT2D eigenvalue weighted by Crippen LogP contribution is -2.28. The number of hydrogen-bond donors (Lipinski definition) is 1. The maximum Gasteiger partial charge on any atom is 0.335 e. The van der Waals surface area contributed by atoms with Crippen LogP contribution in [0, 0.1) is 0 Å². The van der Waals surface area contributed by atoms with E-state index in [2.05, 4.69) is 29.6 Å². The summed E-state index contributed by atoms with van der Waals surface area (Å²) >= 11 is 0. The number of hydrogen-bond acceptors (Lipinski definition) is 5. The van der Waals surface area contributed by atoms with E-state index in [0.717, 1.165) is 23.4 Å². The average molecular weight is 371 g/mol. The lowest BCUT2D eigenvalue weighted by Gasteiger charge is -2.15. The minimum absolute atomic E-state index is 0.316. The molecule has 2 aromatic carbocycles. The van der Waals surface area contributed by atoms with Crippen LogP contribution in [0.5, 0.6) is 5.75 Å². The third-order valence-electron chi connectivity index (χ3n) is 4.16. The van der Waals surface area contributed by atoms with Gasteiger partial charge in [-0.3, -0.25) is 0 Å². The molecule has 0 saturated heterocycles. The van der Waals surface area contributed by atoms with E-state index >= 15 is 0 Å². The summed E-state index contributed by atoms with van der Waals surface area (Å²) in [4.78, 5) is 11.9. The monoisotopic (exact) mass is 371 g/mol. The van der Waals surface area contributed by atoms with Gasteiger partial charge in [-0.25, -0.2) is 4.79 Å². The Hall–Kier alpha value is -2.53. The van der Waals surface area contributed by atoms with E-state index in [1.165, 1.54) is 5.56 Å². The second kappa shape index (κ2) is 11.2. The van der Waals surface area contributed by atoms with E-state index in [1.54, 1.807) is 6.92 Å². The summed E-state index contributed by atoms with van der Waals surface area (Å²) < 4.78 is 16.4. The molecule has 27 heavy (non-hydrogen) atoms. The maximum absolute atomic E-state index is 11.9. The zero-order valence-corrected chi connectivity index (χ0v) is 16.4. The fourth-order valence-electron chi connectivity index (χ4n) is 2.71. The minimum Gasteiger partial charge on any atom is -0.493 e. The Bertz CT molecular complexity index is 682. The number of rotatable bonds is 11. The van der Waals surface area contributed by atoms with Crippen LogP contribution in [-0.4, -0.2) is 38.9 Å². The van der Waals surface area contributed by atoms with Crippen LogP contribution in [0.25, 0.3) is 0 Å². The van der Waals surface area contributed by atoms with Gasteiger partial charge >= 0.3 is 5.97 Å². The largest absolute Gasteiger partial charge is 0.493 e. The second-order valence-electron chi connectivity index (χ2n) is 6.09. The Morgan fingerprint density at radius 3 is 2.22 bits per heavy atom. The SMILES string of the molecule is CCOC(=O)C(Cc1ccc(OCCc2ccc(NC)cc2)cc1)OCC. The van der Waals surface area contributed by atoms with Gasteiger partial charge in [0.15, 0.2) is 6.10 Å². The quantitative estimate of drug-likeness (QED) is 0.608. The number of esters is 1. The van der Waals surface area contributed by atoms with Crippen molar-refractivity contribution >= 4 is 11.7 Å². The highest BCUT2D eigenvalue weighted by Crippen LogP contribution is 2.16. The summed E-state index contributed by atoms with van der Waals surface area (Å²) in [7, 11) is 1.91. The molecule has 2 rings (SSSR count). The van der Waals surface area contributed by atoms with Crippen molar-refractivity contribution in [3.8, 4) is 5.75 Å². The molecule has 0 aliphatic carbocycles. The van der Waals surface area contributed by atoms with Crippen LogP contribution >= 0.6 is 0 Å². The lowest BCUT2D eigenvalue weighted by atomic mass is 10.1. The summed E-state index contributed by atoms with van der Waals surface area (Å²) in [6.45, 7) is 5.10. The van der Waals surface area contributed by atoms with Crippen molar-refractivity contribution in [2.24, 2.45) is 0 Å². The molecule has 0 amide bonds. The van der Waals surface area contributed by atoms with Gasteiger partial charge in [-0.1, -0.05) is 24.3 Å². The van der Waals surface area contributed by atoms with Gasteiger partial charge in [-0.15, -0.1) is 0 Å². The fraction of sp³-hybridized carbons (Fsp3) is 0.409. The number of nitrogens with one attached hydrogen (secondary N) is 1. The first-order chi connectivity index (χ1) is 13.2. The van der Waals surface area contributed by atoms with Gasteiger partial charge in [0.1, 0.15) is 5.75 Å². The second-order valence-corrected chi connectivity index (χ2v) is 6.09. The van der Waals surface area contributed by atoms with Crippen molar-refractivity contribution in [2.45, 2.75) is 32.8 Å². The molecule has 0 aliphatic heterocycles. The Morgan fingerprint density at radius 2 is 1.63 bits per heavy atom. The number of carbonyl (C=O) groups is 1. The number of benzene rings is 2. The predicted molar refractivity (Wildman–Crippen MR) is 107 cm³/mol. The van der Waals surface area contributed by atoms with Gasteiger partial charge in [0.25, 0.3) is 0 Å². The molecule has 0 spiro atoms. The first-order valence-corrected chi connectivity index (χ1v) is 9.43. The van der Waals surface area contributed by atoms with E-state index < -0.39 is 6.10 Å². The molecular formula is C22H29NO4. The molecular weight excluding hydrogens is 342 g/mol. The third-order valence-corrected chi connectivity index (χ3v) is 4.16. The Balaban J connectivity index is 1.83. The molecule has 0 fully saturated rings. The molecule has 0 saturated carbocycles. The van der Waals surface area contributed by atoms with Crippen LogP contribution in [0.4, 0.5) is 5.69 Å². The van der Waals surface area contributed by atoms with Gasteiger partial charge in [0.05, 0.1) is 13.2 Å². The van der Waals surface area contributed by atoms with Crippen molar-refractivity contribution in [3.63, 3.8) is 0 Å². The molecule has 0 aromatic heterocycles. The predicted octanol–water partition coefficient (Wildman–Crippen LogP) is 3.86. The number of anilines is 1. The summed E-state index contributed by atoms with van der Waals surface area (Å²) in [6, 6.07) is 16.1. The molecule has 5 nitrogen and oxygen atoms in total. The molecule has 1 atom stereocenters. The van der Waals surface area contributed by atoms with Gasteiger partial charge < -0.3 is 19.5 Å². The standard InChI is InChI=1S/C22H29NO4/c1-4-25-21(22(24)26-5-2)16-18-8-12-20(13-9-18)27-15-14-17-6-10-19(23-3)11-7-17/h6-13,21,23H,4-5,14-16H2,1-3H3. The van der Waals surface area contributed by atoms with E-state index in [0.29, 0.717) is 26.2 Å². The van der Waals surface area contributed by atoms with Crippen LogP contribution < -0.4 is 10.1 Å². The summed E-state index contributed by atoms with van der Waals surface area (Å²) in [5.74, 6) is 0.499. The smallest absolute Gasteiger partial charge is 0.335 e. The van der Waals surface area contributed by atoms with Crippen molar-refractivity contribution < 1.29 is 19.0 Å². The molecule has 1 N–H and O–H groups in total. The first kappa shape index (κ1) is 20.8. The van der Waals surface area contributed by atoms with E-state index in [-0.39, 0.29) is 5.97 Å². The molecule has 1 unspecified atom stereocenters. The van der Waals surface area contributed by atoms with Crippen LogP contribution in [0.3, 0.4) is 0 Å². The zero-order valence-electron chi connectivity index (χ0n) is 16.4. The average Bonchev–Trinajstić information content (AvgIpc) is 2.69. The summed E-state index contributed by atoms with van der Waals surface area (Å²) in [5, 5.41) is 3.11. The van der Waals surface area contributed by atoms with E-state index in [4.69, 9.17) is 14.2 Å². The zero-order chi connectivity index (χ0) is 19.5. The fourth-order valence-corrected chi connectivity index (χ4v) is 2.71. The van der Waals surface area contributed by atoms with Crippen LogP contribution in [0.2, 0.25) is 0 Å². The number of ether oxygens (including phenoxy) is 3. The highest BCUT2D eigenvalue weighted by atomic mass is 16.6. The first-order valence-electron chi connectivity index (χ1n) is 9.43. The molecule has 5 heteroatoms. The topological polar surface area (TPSA) is 56.8 Å². The normalized spacial score (nSPS) is 11.7. The molecule has 0 radical (unpaired) electrons. The maximum atomic E-state index is 11.9. The van der Waals surface area contributed by atoms with Crippen molar-refractivity contribution in [1.29, 1.82) is 0 Å².